The van der Waals surface area contributed by atoms with Crippen LogP contribution in [-0.2, 0) is 27.5 Å². The van der Waals surface area contributed by atoms with Crippen LogP contribution < -0.4 is 10.1 Å². The summed E-state index contributed by atoms with van der Waals surface area (Å²) >= 11 is 0. The molecule has 7 nitrogen and oxygen atoms in total. The first kappa shape index (κ1) is 20.6. The fourth-order valence-electron chi connectivity index (χ4n) is 4.04. The van der Waals surface area contributed by atoms with E-state index in [1.165, 1.54) is 0 Å². The van der Waals surface area contributed by atoms with E-state index < -0.39 is 12.1 Å². The van der Waals surface area contributed by atoms with Gasteiger partial charge >= 0.3 is 0 Å². The molecule has 3 rings (SSSR count). The van der Waals surface area contributed by atoms with E-state index in [-0.39, 0.29) is 17.7 Å². The smallest absolute Gasteiger partial charge is 0.246 e. The minimum Gasteiger partial charge on any atom is -0.496 e. The first-order chi connectivity index (χ1) is 13.5. The summed E-state index contributed by atoms with van der Waals surface area (Å²) in [7, 11) is 3.31. The third kappa shape index (κ3) is 4.15. The number of piperazine rings is 2. The summed E-state index contributed by atoms with van der Waals surface area (Å²) in [5.74, 6) is 0.979. The molecule has 2 aliphatic heterocycles. The van der Waals surface area contributed by atoms with Crippen molar-refractivity contribution < 1.29 is 19.1 Å². The first-order valence-electron chi connectivity index (χ1n) is 9.96. The van der Waals surface area contributed by atoms with Gasteiger partial charge in [-0.15, -0.1) is 0 Å². The Morgan fingerprint density at radius 3 is 2.71 bits per heavy atom. The molecule has 0 aliphatic carbocycles. The van der Waals surface area contributed by atoms with E-state index in [2.05, 4.69) is 16.3 Å². The van der Waals surface area contributed by atoms with Gasteiger partial charge in [0.05, 0.1) is 13.7 Å². The molecule has 1 aromatic carbocycles. The monoisotopic (exact) mass is 389 g/mol. The molecular formula is C21H31N3O4. The lowest BCUT2D eigenvalue weighted by atomic mass is 9.93. The van der Waals surface area contributed by atoms with Crippen LogP contribution in [0.4, 0.5) is 0 Å². The van der Waals surface area contributed by atoms with Crippen molar-refractivity contribution in [3.63, 3.8) is 0 Å². The molecule has 2 heterocycles. The van der Waals surface area contributed by atoms with Gasteiger partial charge in [-0.25, -0.2) is 0 Å². The molecule has 154 valence electrons. The fourth-order valence-corrected chi connectivity index (χ4v) is 4.04. The van der Waals surface area contributed by atoms with Gasteiger partial charge in [-0.1, -0.05) is 26.3 Å². The number of ether oxygens (including phenoxy) is 2. The van der Waals surface area contributed by atoms with Crippen LogP contribution in [0.5, 0.6) is 5.75 Å². The van der Waals surface area contributed by atoms with E-state index in [1.54, 1.807) is 19.1 Å². The first-order valence-corrected chi connectivity index (χ1v) is 9.96. The van der Waals surface area contributed by atoms with Crippen molar-refractivity contribution >= 4 is 11.8 Å². The van der Waals surface area contributed by atoms with Crippen molar-refractivity contribution in [1.82, 2.24) is 15.1 Å². The van der Waals surface area contributed by atoms with Gasteiger partial charge in [-0.3, -0.25) is 14.5 Å². The molecule has 2 aliphatic rings. The van der Waals surface area contributed by atoms with E-state index in [1.807, 2.05) is 26.0 Å². The van der Waals surface area contributed by atoms with E-state index in [9.17, 15) is 9.59 Å². The lowest BCUT2D eigenvalue weighted by Crippen LogP contribution is -2.70. The standard InChI is InChI=1S/C21H31N3O4/c1-5-14(2)19-21(26)24-9-8-23(12-17(24)20(25)22-19)11-15-6-7-18(28-4)16(10-15)13-27-3/h6-7,10,14,17,19H,5,8-9,11-13H2,1-4H3,(H,22,25)/t14-,17+,19-/m0/s1. The molecule has 2 saturated heterocycles. The number of benzene rings is 1. The van der Waals surface area contributed by atoms with E-state index in [0.717, 1.165) is 36.4 Å². The third-order valence-electron chi connectivity index (χ3n) is 5.88. The van der Waals surface area contributed by atoms with Crippen LogP contribution in [0.2, 0.25) is 0 Å². The van der Waals surface area contributed by atoms with Gasteiger partial charge in [0.2, 0.25) is 11.8 Å². The van der Waals surface area contributed by atoms with E-state index in [0.29, 0.717) is 19.7 Å². The molecule has 1 N–H and O–H groups in total. The minimum atomic E-state index is -0.404. The summed E-state index contributed by atoms with van der Waals surface area (Å²) in [6, 6.07) is 5.28. The second-order valence-corrected chi connectivity index (χ2v) is 7.73. The number of hydrogen-bond acceptors (Lipinski definition) is 5. The van der Waals surface area contributed by atoms with Crippen LogP contribution in [0.1, 0.15) is 31.4 Å². The van der Waals surface area contributed by atoms with Crippen molar-refractivity contribution in [3.8, 4) is 5.75 Å². The SMILES string of the molecule is CC[C@H](C)[C@@H]1NC(=O)[C@H]2CN(Cc3ccc(OC)c(COC)c3)CCN2C1=O. The Bertz CT molecular complexity index is 724. The molecule has 3 atom stereocenters. The van der Waals surface area contributed by atoms with Crippen LogP contribution in [0.3, 0.4) is 0 Å². The van der Waals surface area contributed by atoms with Gasteiger partial charge in [0, 0.05) is 38.9 Å². The van der Waals surface area contributed by atoms with Crippen molar-refractivity contribution in [2.24, 2.45) is 5.92 Å². The Hall–Kier alpha value is -2.12. The molecule has 7 heteroatoms. The molecule has 2 amide bonds. The number of amides is 2. The molecule has 0 aromatic heterocycles. The number of fused-ring (bicyclic) bond motifs is 1. The molecule has 0 radical (unpaired) electrons. The average Bonchev–Trinajstić information content (AvgIpc) is 2.70. The lowest BCUT2D eigenvalue weighted by Gasteiger charge is -2.46. The maximum absolute atomic E-state index is 12.8. The highest BCUT2D eigenvalue weighted by Gasteiger charge is 2.44. The van der Waals surface area contributed by atoms with Gasteiger partial charge < -0.3 is 19.7 Å². The van der Waals surface area contributed by atoms with Gasteiger partial charge in [0.25, 0.3) is 0 Å². The highest BCUT2D eigenvalue weighted by molar-refractivity contribution is 5.97. The van der Waals surface area contributed by atoms with Crippen molar-refractivity contribution in [3.05, 3.63) is 29.3 Å². The van der Waals surface area contributed by atoms with Crippen LogP contribution in [-0.4, -0.2) is 67.6 Å². The molecule has 0 bridgehead atoms. The Morgan fingerprint density at radius 2 is 2.04 bits per heavy atom. The van der Waals surface area contributed by atoms with Gasteiger partial charge in [0.15, 0.2) is 0 Å². The number of hydrogen-bond donors (Lipinski definition) is 1. The zero-order valence-electron chi connectivity index (χ0n) is 17.2. The number of carbonyl (C=O) groups excluding carboxylic acids is 2. The summed E-state index contributed by atoms with van der Waals surface area (Å²) in [6.45, 7) is 7.17. The van der Waals surface area contributed by atoms with Crippen molar-refractivity contribution in [1.29, 1.82) is 0 Å². The quantitative estimate of drug-likeness (QED) is 0.763. The number of nitrogens with zero attached hydrogens (tertiary/aromatic N) is 2. The second-order valence-electron chi connectivity index (χ2n) is 7.73. The summed E-state index contributed by atoms with van der Waals surface area (Å²) in [6.07, 6.45) is 0.864. The number of nitrogens with one attached hydrogen (secondary N) is 1. The molecule has 0 unspecified atom stereocenters. The third-order valence-corrected chi connectivity index (χ3v) is 5.88. The topological polar surface area (TPSA) is 71.1 Å². The molecular weight excluding hydrogens is 358 g/mol. The van der Waals surface area contributed by atoms with Gasteiger partial charge in [-0.2, -0.15) is 0 Å². The van der Waals surface area contributed by atoms with E-state index in [4.69, 9.17) is 9.47 Å². The van der Waals surface area contributed by atoms with Crippen LogP contribution >= 0.6 is 0 Å². The second kappa shape index (κ2) is 8.92. The normalized spacial score (nSPS) is 23.9. The molecule has 1 aromatic rings. The van der Waals surface area contributed by atoms with Crippen LogP contribution in [0, 0.1) is 5.92 Å². The zero-order valence-corrected chi connectivity index (χ0v) is 17.2. The summed E-state index contributed by atoms with van der Waals surface area (Å²) in [4.78, 5) is 29.5. The lowest BCUT2D eigenvalue weighted by molar-refractivity contribution is -0.154. The van der Waals surface area contributed by atoms with Crippen molar-refractivity contribution in [2.75, 3.05) is 33.9 Å². The van der Waals surface area contributed by atoms with Gasteiger partial charge in [0.1, 0.15) is 17.8 Å². The predicted molar refractivity (Wildman–Crippen MR) is 106 cm³/mol. The maximum atomic E-state index is 12.8. The predicted octanol–water partition coefficient (Wildman–Crippen LogP) is 1.40. The van der Waals surface area contributed by atoms with Crippen molar-refractivity contribution in [2.45, 2.75) is 45.5 Å². The number of carbonyl (C=O) groups is 2. The summed E-state index contributed by atoms with van der Waals surface area (Å²) in [5, 5.41) is 2.95. The molecule has 28 heavy (non-hydrogen) atoms. The maximum Gasteiger partial charge on any atom is 0.246 e. The van der Waals surface area contributed by atoms with Crippen LogP contribution in [0.15, 0.2) is 18.2 Å². The summed E-state index contributed by atoms with van der Waals surface area (Å²) in [5.41, 5.74) is 2.14. The van der Waals surface area contributed by atoms with E-state index >= 15 is 0 Å². The molecule has 2 fully saturated rings. The zero-order chi connectivity index (χ0) is 20.3. The number of rotatable bonds is 7. The van der Waals surface area contributed by atoms with Crippen LogP contribution in [0.25, 0.3) is 0 Å². The fraction of sp³-hybridized carbons (Fsp3) is 0.619. The Balaban J connectivity index is 1.68. The van der Waals surface area contributed by atoms with Gasteiger partial charge in [-0.05, 0) is 23.6 Å². The Kier molecular flexibility index (Phi) is 6.57. The largest absolute Gasteiger partial charge is 0.496 e. The number of methoxy groups -OCH3 is 2. The average molecular weight is 389 g/mol. The minimum absolute atomic E-state index is 0.0376. The molecule has 0 saturated carbocycles. The highest BCUT2D eigenvalue weighted by atomic mass is 16.5. The molecule has 0 spiro atoms. The highest BCUT2D eigenvalue weighted by Crippen LogP contribution is 2.24. The summed E-state index contributed by atoms with van der Waals surface area (Å²) < 4.78 is 10.6. The Morgan fingerprint density at radius 1 is 1.25 bits per heavy atom. The Labute approximate surface area is 167 Å².